The van der Waals surface area contributed by atoms with Crippen LogP contribution in [0.4, 0.5) is 0 Å². The van der Waals surface area contributed by atoms with E-state index in [1.165, 1.54) is 38.6 Å². The van der Waals surface area contributed by atoms with Crippen molar-refractivity contribution in [2.45, 2.75) is 85.2 Å². The predicted octanol–water partition coefficient (Wildman–Crippen LogP) is 4.04. The largest absolute Gasteiger partial charge is 0.329 e. The number of nitrogens with zero attached hydrogens (tertiary/aromatic N) is 1. The first kappa shape index (κ1) is 17.0. The summed E-state index contributed by atoms with van der Waals surface area (Å²) in [6.07, 6.45) is 6.35. The SMILES string of the molecule is CCCCN(C(C)CC)C1(CN)CC(C)(C)CC1C. The van der Waals surface area contributed by atoms with E-state index in [1.54, 1.807) is 0 Å². The van der Waals surface area contributed by atoms with Gasteiger partial charge in [0.1, 0.15) is 0 Å². The Bertz CT molecular complexity index is 274. The Kier molecular flexibility index (Phi) is 5.88. The molecular formula is C17H36N2. The Morgan fingerprint density at radius 2 is 1.95 bits per heavy atom. The van der Waals surface area contributed by atoms with Crippen LogP contribution in [0.1, 0.15) is 73.6 Å². The molecule has 0 aromatic heterocycles. The standard InChI is InChI=1S/C17H36N2/c1-7-9-10-19(15(4)8-2)17(13-18)12-16(5,6)11-14(17)3/h14-15H,7-13,18H2,1-6H3. The molecule has 0 amide bonds. The number of rotatable bonds is 7. The Balaban J connectivity index is 3.01. The zero-order valence-electron chi connectivity index (χ0n) is 14.1. The van der Waals surface area contributed by atoms with Gasteiger partial charge in [-0.25, -0.2) is 0 Å². The third-order valence-corrected chi connectivity index (χ3v) is 5.36. The molecule has 1 aliphatic carbocycles. The zero-order chi connectivity index (χ0) is 14.7. The van der Waals surface area contributed by atoms with Crippen molar-refractivity contribution in [1.82, 2.24) is 4.90 Å². The molecule has 2 N–H and O–H groups in total. The van der Waals surface area contributed by atoms with Gasteiger partial charge in [0.2, 0.25) is 0 Å². The molecule has 0 heterocycles. The smallest absolute Gasteiger partial charge is 0.0365 e. The molecule has 0 bridgehead atoms. The molecule has 19 heavy (non-hydrogen) atoms. The van der Waals surface area contributed by atoms with Crippen LogP contribution in [0.15, 0.2) is 0 Å². The molecule has 0 aromatic carbocycles. The summed E-state index contributed by atoms with van der Waals surface area (Å²) >= 11 is 0. The van der Waals surface area contributed by atoms with Gasteiger partial charge in [0.25, 0.3) is 0 Å². The van der Waals surface area contributed by atoms with Gasteiger partial charge in [-0.2, -0.15) is 0 Å². The van der Waals surface area contributed by atoms with Crippen molar-refractivity contribution in [3.8, 4) is 0 Å². The normalized spacial score (nSPS) is 31.9. The quantitative estimate of drug-likeness (QED) is 0.755. The van der Waals surface area contributed by atoms with Gasteiger partial charge in [-0.1, -0.05) is 41.0 Å². The molecule has 3 atom stereocenters. The Morgan fingerprint density at radius 1 is 1.32 bits per heavy atom. The molecule has 2 nitrogen and oxygen atoms in total. The minimum absolute atomic E-state index is 0.230. The predicted molar refractivity (Wildman–Crippen MR) is 85.3 cm³/mol. The molecule has 114 valence electrons. The van der Waals surface area contributed by atoms with Crippen LogP contribution in [-0.4, -0.2) is 29.6 Å². The summed E-state index contributed by atoms with van der Waals surface area (Å²) in [4.78, 5) is 2.76. The number of unbranched alkanes of at least 4 members (excludes halogenated alkanes) is 1. The molecule has 1 saturated carbocycles. The van der Waals surface area contributed by atoms with Crippen LogP contribution in [0.3, 0.4) is 0 Å². The average Bonchev–Trinajstić information content (AvgIpc) is 2.59. The van der Waals surface area contributed by atoms with E-state index in [9.17, 15) is 0 Å². The van der Waals surface area contributed by atoms with E-state index in [2.05, 4.69) is 46.4 Å². The fraction of sp³-hybridized carbons (Fsp3) is 1.00. The van der Waals surface area contributed by atoms with E-state index in [1.807, 2.05) is 0 Å². The average molecular weight is 268 g/mol. The van der Waals surface area contributed by atoms with Crippen molar-refractivity contribution in [2.24, 2.45) is 17.1 Å². The summed E-state index contributed by atoms with van der Waals surface area (Å²) < 4.78 is 0. The van der Waals surface area contributed by atoms with Gasteiger partial charge in [0.05, 0.1) is 0 Å². The zero-order valence-corrected chi connectivity index (χ0v) is 14.1. The van der Waals surface area contributed by atoms with Gasteiger partial charge in [0, 0.05) is 18.1 Å². The molecule has 2 heteroatoms. The van der Waals surface area contributed by atoms with Crippen molar-refractivity contribution >= 4 is 0 Å². The van der Waals surface area contributed by atoms with Crippen molar-refractivity contribution < 1.29 is 0 Å². The third kappa shape index (κ3) is 3.52. The molecule has 3 unspecified atom stereocenters. The molecule has 1 aliphatic rings. The van der Waals surface area contributed by atoms with Gasteiger partial charge >= 0.3 is 0 Å². The van der Waals surface area contributed by atoms with Crippen LogP contribution < -0.4 is 5.73 Å². The highest BCUT2D eigenvalue weighted by molar-refractivity contribution is 5.07. The number of hydrogen-bond acceptors (Lipinski definition) is 2. The summed E-state index contributed by atoms with van der Waals surface area (Å²) in [5, 5.41) is 0. The first-order chi connectivity index (χ1) is 8.83. The lowest BCUT2D eigenvalue weighted by molar-refractivity contribution is 0.0220. The van der Waals surface area contributed by atoms with Crippen LogP contribution in [0, 0.1) is 11.3 Å². The minimum atomic E-state index is 0.230. The van der Waals surface area contributed by atoms with E-state index >= 15 is 0 Å². The molecule has 0 aliphatic heterocycles. The van der Waals surface area contributed by atoms with Crippen LogP contribution in [-0.2, 0) is 0 Å². The summed E-state index contributed by atoms with van der Waals surface area (Å²) in [5.74, 6) is 0.707. The van der Waals surface area contributed by atoms with Crippen LogP contribution in [0.25, 0.3) is 0 Å². The molecule has 1 rings (SSSR count). The van der Waals surface area contributed by atoms with Gasteiger partial charge < -0.3 is 5.73 Å². The van der Waals surface area contributed by atoms with Gasteiger partial charge in [-0.05, 0) is 50.5 Å². The molecule has 0 saturated heterocycles. The highest BCUT2D eigenvalue weighted by atomic mass is 15.2. The van der Waals surface area contributed by atoms with Crippen LogP contribution >= 0.6 is 0 Å². The van der Waals surface area contributed by atoms with Crippen molar-refractivity contribution in [2.75, 3.05) is 13.1 Å². The highest BCUT2D eigenvalue weighted by Crippen LogP contribution is 2.50. The van der Waals surface area contributed by atoms with E-state index in [0.29, 0.717) is 17.4 Å². The lowest BCUT2D eigenvalue weighted by Crippen LogP contribution is -2.59. The number of nitrogens with two attached hydrogens (primary N) is 1. The highest BCUT2D eigenvalue weighted by Gasteiger charge is 2.51. The molecule has 1 fully saturated rings. The third-order valence-electron chi connectivity index (χ3n) is 5.36. The second kappa shape index (κ2) is 6.58. The second-order valence-electron chi connectivity index (χ2n) is 7.56. The van der Waals surface area contributed by atoms with Crippen LogP contribution in [0.2, 0.25) is 0 Å². The van der Waals surface area contributed by atoms with E-state index in [-0.39, 0.29) is 5.54 Å². The first-order valence-corrected chi connectivity index (χ1v) is 8.29. The maximum absolute atomic E-state index is 6.30. The van der Waals surface area contributed by atoms with Crippen molar-refractivity contribution in [3.05, 3.63) is 0 Å². The minimum Gasteiger partial charge on any atom is -0.329 e. The fourth-order valence-electron chi connectivity index (χ4n) is 4.30. The maximum Gasteiger partial charge on any atom is 0.0365 e. The summed E-state index contributed by atoms with van der Waals surface area (Å²) in [5.41, 5.74) is 6.98. The van der Waals surface area contributed by atoms with Gasteiger partial charge in [-0.15, -0.1) is 0 Å². The lowest BCUT2D eigenvalue weighted by atomic mass is 9.83. The molecule has 0 spiro atoms. The molecule has 0 radical (unpaired) electrons. The van der Waals surface area contributed by atoms with E-state index in [4.69, 9.17) is 5.73 Å². The van der Waals surface area contributed by atoms with E-state index < -0.39 is 0 Å². The van der Waals surface area contributed by atoms with Gasteiger partial charge in [-0.3, -0.25) is 4.90 Å². The summed E-state index contributed by atoms with van der Waals surface area (Å²) in [6.45, 7) is 16.2. The monoisotopic (exact) mass is 268 g/mol. The summed E-state index contributed by atoms with van der Waals surface area (Å²) in [7, 11) is 0. The fourth-order valence-corrected chi connectivity index (χ4v) is 4.30. The second-order valence-corrected chi connectivity index (χ2v) is 7.56. The Labute approximate surface area is 121 Å². The Morgan fingerprint density at radius 3 is 2.32 bits per heavy atom. The summed E-state index contributed by atoms with van der Waals surface area (Å²) in [6, 6.07) is 0.645. The molecular weight excluding hydrogens is 232 g/mol. The first-order valence-electron chi connectivity index (χ1n) is 8.29. The molecule has 0 aromatic rings. The topological polar surface area (TPSA) is 29.3 Å². The van der Waals surface area contributed by atoms with Gasteiger partial charge in [0.15, 0.2) is 0 Å². The Hall–Kier alpha value is -0.0800. The van der Waals surface area contributed by atoms with E-state index in [0.717, 1.165) is 6.54 Å². The van der Waals surface area contributed by atoms with Crippen molar-refractivity contribution in [1.29, 1.82) is 0 Å². The number of hydrogen-bond donors (Lipinski definition) is 1. The maximum atomic E-state index is 6.30. The van der Waals surface area contributed by atoms with Crippen LogP contribution in [0.5, 0.6) is 0 Å². The van der Waals surface area contributed by atoms with Crippen molar-refractivity contribution in [3.63, 3.8) is 0 Å². The lowest BCUT2D eigenvalue weighted by Gasteiger charge is -2.48.